The Morgan fingerprint density at radius 3 is 2.53 bits per heavy atom. The van der Waals surface area contributed by atoms with Crippen molar-refractivity contribution in [3.8, 4) is 22.9 Å². The van der Waals surface area contributed by atoms with Crippen LogP contribution in [0.3, 0.4) is 0 Å². The molecule has 0 aliphatic rings. The summed E-state index contributed by atoms with van der Waals surface area (Å²) in [7, 11) is 1.55. The molecule has 2 amide bonds. The third-order valence-electron chi connectivity index (χ3n) is 4.12. The van der Waals surface area contributed by atoms with Crippen LogP contribution in [0.2, 0.25) is 0 Å². The molecule has 0 unspecified atom stereocenters. The van der Waals surface area contributed by atoms with E-state index >= 15 is 0 Å². The number of hydrogen-bond donors (Lipinski definition) is 2. The topological polar surface area (TPSA) is 159 Å². The molecule has 0 atom stereocenters. The smallest absolute Gasteiger partial charge is 0.316 e. The van der Waals surface area contributed by atoms with Gasteiger partial charge in [0.25, 0.3) is 5.91 Å². The van der Waals surface area contributed by atoms with Crippen LogP contribution < -0.4 is 20.1 Å². The van der Waals surface area contributed by atoms with Gasteiger partial charge < -0.3 is 24.6 Å². The van der Waals surface area contributed by atoms with Crippen molar-refractivity contribution in [2.45, 2.75) is 0 Å². The normalized spacial score (nSPS) is 10.3. The molecule has 1 heterocycles. The van der Waals surface area contributed by atoms with E-state index in [2.05, 4.69) is 20.8 Å². The van der Waals surface area contributed by atoms with Crippen LogP contribution >= 0.6 is 0 Å². The number of ether oxygens (including phenoxy) is 2. The molecule has 32 heavy (non-hydrogen) atoms. The van der Waals surface area contributed by atoms with Crippen molar-refractivity contribution in [3.63, 3.8) is 0 Å². The first kappa shape index (κ1) is 22.2. The van der Waals surface area contributed by atoms with E-state index < -0.39 is 23.3 Å². The molecule has 0 saturated carbocycles. The van der Waals surface area contributed by atoms with Crippen molar-refractivity contribution in [1.82, 2.24) is 20.8 Å². The number of nitrogens with zero attached hydrogens (tertiary/aromatic N) is 3. The number of hydrogen-bond acceptors (Lipinski definition) is 9. The van der Waals surface area contributed by atoms with Crippen LogP contribution in [0.5, 0.6) is 11.5 Å². The molecule has 12 nitrogen and oxygen atoms in total. The van der Waals surface area contributed by atoms with Gasteiger partial charge in [0.2, 0.25) is 5.82 Å². The maximum atomic E-state index is 12.1. The highest BCUT2D eigenvalue weighted by atomic mass is 16.6. The molecule has 3 rings (SSSR count). The second-order valence-electron chi connectivity index (χ2n) is 6.27. The van der Waals surface area contributed by atoms with Crippen LogP contribution in [0.25, 0.3) is 11.4 Å². The fourth-order valence-electron chi connectivity index (χ4n) is 2.55. The molecule has 2 N–H and O–H groups in total. The van der Waals surface area contributed by atoms with E-state index in [0.29, 0.717) is 11.3 Å². The third kappa shape index (κ3) is 5.78. The number of methoxy groups -OCH3 is 1. The molecule has 0 bridgehead atoms. The standard InChI is InChI=1S/C20H19N5O7/c1-30-14-8-6-13(7-9-14)18-23-20(32-24-18)19(27)22-11-10-21-17(26)12-31-16-5-3-2-4-15(16)25(28)29/h2-9H,10-12H2,1H3,(H,21,26)(H,22,27). The minimum atomic E-state index is -0.597. The number of carbonyl (C=O) groups is 2. The summed E-state index contributed by atoms with van der Waals surface area (Å²) >= 11 is 0. The van der Waals surface area contributed by atoms with E-state index in [1.165, 1.54) is 18.2 Å². The monoisotopic (exact) mass is 441 g/mol. The lowest BCUT2D eigenvalue weighted by atomic mass is 10.2. The van der Waals surface area contributed by atoms with E-state index in [1.807, 2.05) is 0 Å². The number of para-hydroxylation sites is 2. The third-order valence-corrected chi connectivity index (χ3v) is 4.12. The second-order valence-corrected chi connectivity index (χ2v) is 6.27. The molecule has 3 aromatic rings. The lowest BCUT2D eigenvalue weighted by Crippen LogP contribution is -2.36. The van der Waals surface area contributed by atoms with Gasteiger partial charge in [-0.2, -0.15) is 4.98 Å². The van der Waals surface area contributed by atoms with Gasteiger partial charge in [-0.3, -0.25) is 19.7 Å². The van der Waals surface area contributed by atoms with Crippen molar-refractivity contribution in [2.24, 2.45) is 0 Å². The second kappa shape index (κ2) is 10.5. The minimum absolute atomic E-state index is 0.00925. The molecule has 2 aromatic carbocycles. The van der Waals surface area contributed by atoms with E-state index in [4.69, 9.17) is 14.0 Å². The maximum Gasteiger partial charge on any atom is 0.316 e. The Morgan fingerprint density at radius 1 is 1.09 bits per heavy atom. The predicted octanol–water partition coefficient (Wildman–Crippen LogP) is 1.58. The Labute approximate surface area is 181 Å². The number of nitrogens with one attached hydrogen (secondary N) is 2. The molecule has 1 aromatic heterocycles. The largest absolute Gasteiger partial charge is 0.497 e. The Bertz CT molecular complexity index is 1100. The first-order chi connectivity index (χ1) is 15.5. The zero-order chi connectivity index (χ0) is 22.9. The number of carbonyl (C=O) groups excluding carboxylic acids is 2. The van der Waals surface area contributed by atoms with Crippen LogP contribution in [-0.4, -0.2) is 53.7 Å². The molecule has 12 heteroatoms. The Balaban J connectivity index is 1.41. The summed E-state index contributed by atoms with van der Waals surface area (Å²) in [5.74, 6) is -0.408. The maximum absolute atomic E-state index is 12.1. The molecule has 166 valence electrons. The van der Waals surface area contributed by atoms with Crippen LogP contribution in [0.1, 0.15) is 10.7 Å². The van der Waals surface area contributed by atoms with Crippen molar-refractivity contribution < 1.29 is 28.5 Å². The highest BCUT2D eigenvalue weighted by Gasteiger charge is 2.17. The Morgan fingerprint density at radius 2 is 1.81 bits per heavy atom. The average molecular weight is 441 g/mol. The van der Waals surface area contributed by atoms with Crippen LogP contribution in [-0.2, 0) is 4.79 Å². The van der Waals surface area contributed by atoms with E-state index in [1.54, 1.807) is 37.4 Å². The van der Waals surface area contributed by atoms with Gasteiger partial charge in [0.05, 0.1) is 12.0 Å². The van der Waals surface area contributed by atoms with Crippen LogP contribution in [0, 0.1) is 10.1 Å². The summed E-state index contributed by atoms with van der Waals surface area (Å²) in [6.45, 7) is -0.214. The number of rotatable bonds is 10. The molecular weight excluding hydrogens is 422 g/mol. The van der Waals surface area contributed by atoms with Gasteiger partial charge in [0.15, 0.2) is 12.4 Å². The van der Waals surface area contributed by atoms with Gasteiger partial charge in [-0.15, -0.1) is 0 Å². The van der Waals surface area contributed by atoms with E-state index in [0.717, 1.165) is 0 Å². The molecular formula is C20H19N5O7. The summed E-state index contributed by atoms with van der Waals surface area (Å²) in [5, 5.41) is 19.8. The molecule has 0 saturated heterocycles. The van der Waals surface area contributed by atoms with E-state index in [-0.39, 0.29) is 36.2 Å². The fourth-order valence-corrected chi connectivity index (χ4v) is 2.55. The molecule has 0 spiro atoms. The number of amides is 2. The van der Waals surface area contributed by atoms with Gasteiger partial charge in [-0.1, -0.05) is 17.3 Å². The van der Waals surface area contributed by atoms with Crippen LogP contribution in [0.4, 0.5) is 5.69 Å². The van der Waals surface area contributed by atoms with Gasteiger partial charge in [-0.25, -0.2) is 0 Å². The summed E-state index contributed by atoms with van der Waals surface area (Å²) in [5.41, 5.74) is 0.417. The summed E-state index contributed by atoms with van der Waals surface area (Å²) in [6.07, 6.45) is 0. The number of nitro benzene ring substituents is 1. The first-order valence-corrected chi connectivity index (χ1v) is 9.37. The van der Waals surface area contributed by atoms with Gasteiger partial charge in [0.1, 0.15) is 5.75 Å². The molecule has 0 aliphatic heterocycles. The van der Waals surface area contributed by atoms with Crippen LogP contribution in [0.15, 0.2) is 53.1 Å². The molecule has 0 radical (unpaired) electrons. The lowest BCUT2D eigenvalue weighted by molar-refractivity contribution is -0.385. The average Bonchev–Trinajstić information content (AvgIpc) is 3.31. The van der Waals surface area contributed by atoms with Crippen molar-refractivity contribution >= 4 is 17.5 Å². The lowest BCUT2D eigenvalue weighted by Gasteiger charge is -2.08. The summed E-state index contributed by atoms with van der Waals surface area (Å²) in [6, 6.07) is 12.7. The predicted molar refractivity (Wildman–Crippen MR) is 110 cm³/mol. The Kier molecular flexibility index (Phi) is 7.30. The van der Waals surface area contributed by atoms with Gasteiger partial charge in [0, 0.05) is 24.7 Å². The number of aromatic nitrogens is 2. The highest BCUT2D eigenvalue weighted by molar-refractivity contribution is 5.89. The first-order valence-electron chi connectivity index (χ1n) is 9.37. The zero-order valence-corrected chi connectivity index (χ0v) is 16.9. The van der Waals surface area contributed by atoms with E-state index in [9.17, 15) is 19.7 Å². The molecule has 0 aliphatic carbocycles. The molecule has 0 fully saturated rings. The Hall–Kier alpha value is -4.48. The van der Waals surface area contributed by atoms with Crippen molar-refractivity contribution in [1.29, 1.82) is 0 Å². The van der Waals surface area contributed by atoms with Crippen molar-refractivity contribution in [3.05, 3.63) is 64.5 Å². The highest BCUT2D eigenvalue weighted by Crippen LogP contribution is 2.25. The number of nitro groups is 1. The number of benzene rings is 2. The van der Waals surface area contributed by atoms with Gasteiger partial charge in [-0.05, 0) is 30.3 Å². The zero-order valence-electron chi connectivity index (χ0n) is 16.9. The van der Waals surface area contributed by atoms with Crippen molar-refractivity contribution in [2.75, 3.05) is 26.8 Å². The fraction of sp³-hybridized carbons (Fsp3) is 0.200. The quantitative estimate of drug-likeness (QED) is 0.270. The van der Waals surface area contributed by atoms with Gasteiger partial charge >= 0.3 is 17.5 Å². The minimum Gasteiger partial charge on any atom is -0.497 e. The summed E-state index contributed by atoms with van der Waals surface area (Å²) in [4.78, 5) is 38.3. The summed E-state index contributed by atoms with van der Waals surface area (Å²) < 4.78 is 15.2. The SMILES string of the molecule is COc1ccc(-c2noc(C(=O)NCCNC(=O)COc3ccccc3[N+](=O)[O-])n2)cc1.